The quantitative estimate of drug-likeness (QED) is 0.726. The van der Waals surface area contributed by atoms with Crippen LogP contribution in [0.4, 0.5) is 0 Å². The maximum atomic E-state index is 4.74. The van der Waals surface area contributed by atoms with Gasteiger partial charge in [-0.1, -0.05) is 52.3 Å². The van der Waals surface area contributed by atoms with E-state index in [0.717, 1.165) is 34.5 Å². The summed E-state index contributed by atoms with van der Waals surface area (Å²) in [6.07, 6.45) is 2.26. The first-order chi connectivity index (χ1) is 9.40. The summed E-state index contributed by atoms with van der Waals surface area (Å²) >= 11 is 3.50. The minimum Gasteiger partial charge on any atom is -0.232 e. The maximum Gasteiger partial charge on any atom is 0.135 e. The van der Waals surface area contributed by atoms with E-state index in [1.54, 1.807) is 0 Å². The molecule has 3 heteroatoms. The van der Waals surface area contributed by atoms with E-state index in [9.17, 15) is 0 Å². The van der Waals surface area contributed by atoms with Crippen LogP contribution in [-0.2, 0) is 11.8 Å². The first-order valence-electron chi connectivity index (χ1n) is 7.04. The summed E-state index contributed by atoms with van der Waals surface area (Å²) in [6, 6.07) is 10.6. The third kappa shape index (κ3) is 3.66. The Hall–Kier alpha value is -1.22. The zero-order valence-electron chi connectivity index (χ0n) is 12.6. The predicted octanol–water partition coefficient (Wildman–Crippen LogP) is 5.16. The van der Waals surface area contributed by atoms with Gasteiger partial charge in [-0.05, 0) is 40.0 Å². The van der Waals surface area contributed by atoms with Gasteiger partial charge >= 0.3 is 0 Å². The Balaban J connectivity index is 2.47. The number of aromatic nitrogens is 2. The minimum absolute atomic E-state index is 0.0560. The highest BCUT2D eigenvalue weighted by Crippen LogP contribution is 2.26. The van der Waals surface area contributed by atoms with Crippen LogP contribution < -0.4 is 0 Å². The van der Waals surface area contributed by atoms with Crippen LogP contribution in [0.3, 0.4) is 0 Å². The standard InChI is InChI=1S/C17H21BrN2/c1-5-7-12-8-6-9-13(10-12)14-11-15(18)20-16(19-14)17(2,3)4/h6,8-11H,5,7H2,1-4H3. The molecule has 1 aromatic carbocycles. The summed E-state index contributed by atoms with van der Waals surface area (Å²) in [5.74, 6) is 0.864. The lowest BCUT2D eigenvalue weighted by molar-refractivity contribution is 0.544. The van der Waals surface area contributed by atoms with Crippen molar-refractivity contribution in [3.05, 3.63) is 46.3 Å². The van der Waals surface area contributed by atoms with Gasteiger partial charge in [0.05, 0.1) is 5.69 Å². The van der Waals surface area contributed by atoms with E-state index in [0.29, 0.717) is 0 Å². The molecule has 1 heterocycles. The van der Waals surface area contributed by atoms with Gasteiger partial charge < -0.3 is 0 Å². The molecule has 0 atom stereocenters. The first kappa shape index (κ1) is 15.2. The molecule has 1 aromatic heterocycles. The van der Waals surface area contributed by atoms with Crippen molar-refractivity contribution in [2.75, 3.05) is 0 Å². The molecule has 2 nitrogen and oxygen atoms in total. The van der Waals surface area contributed by atoms with E-state index in [1.807, 2.05) is 6.07 Å². The van der Waals surface area contributed by atoms with E-state index in [4.69, 9.17) is 4.98 Å². The molecule has 0 bridgehead atoms. The first-order valence-corrected chi connectivity index (χ1v) is 7.84. The summed E-state index contributed by atoms with van der Waals surface area (Å²) in [5.41, 5.74) is 3.44. The fourth-order valence-electron chi connectivity index (χ4n) is 2.08. The van der Waals surface area contributed by atoms with Crippen molar-refractivity contribution < 1.29 is 0 Å². The number of hydrogen-bond donors (Lipinski definition) is 0. The molecule has 0 fully saturated rings. The molecule has 0 radical (unpaired) electrons. The van der Waals surface area contributed by atoms with E-state index in [-0.39, 0.29) is 5.41 Å². The fraction of sp³-hybridized carbons (Fsp3) is 0.412. The van der Waals surface area contributed by atoms with E-state index >= 15 is 0 Å². The normalized spacial score (nSPS) is 11.7. The monoisotopic (exact) mass is 332 g/mol. The van der Waals surface area contributed by atoms with Crippen molar-refractivity contribution in [2.24, 2.45) is 0 Å². The van der Waals surface area contributed by atoms with Crippen molar-refractivity contribution in [2.45, 2.75) is 46.0 Å². The van der Waals surface area contributed by atoms with Gasteiger partial charge in [0.25, 0.3) is 0 Å². The van der Waals surface area contributed by atoms with Crippen LogP contribution in [-0.4, -0.2) is 9.97 Å². The third-order valence-corrected chi connectivity index (χ3v) is 3.53. The molecule has 0 aliphatic heterocycles. The van der Waals surface area contributed by atoms with Gasteiger partial charge in [-0.3, -0.25) is 0 Å². The minimum atomic E-state index is -0.0560. The molecule has 0 saturated carbocycles. The zero-order chi connectivity index (χ0) is 14.8. The molecule has 0 amide bonds. The zero-order valence-corrected chi connectivity index (χ0v) is 14.2. The van der Waals surface area contributed by atoms with Crippen molar-refractivity contribution in [1.82, 2.24) is 9.97 Å². The number of benzene rings is 1. The van der Waals surface area contributed by atoms with Crippen LogP contribution in [0.15, 0.2) is 34.9 Å². The number of hydrogen-bond acceptors (Lipinski definition) is 2. The highest BCUT2D eigenvalue weighted by Gasteiger charge is 2.19. The van der Waals surface area contributed by atoms with Crippen molar-refractivity contribution in [3.63, 3.8) is 0 Å². The Morgan fingerprint density at radius 2 is 1.85 bits per heavy atom. The van der Waals surface area contributed by atoms with Crippen molar-refractivity contribution >= 4 is 15.9 Å². The van der Waals surface area contributed by atoms with E-state index in [1.165, 1.54) is 5.56 Å². The largest absolute Gasteiger partial charge is 0.232 e. The molecule has 0 N–H and O–H groups in total. The SMILES string of the molecule is CCCc1cccc(-c2cc(Br)nc(C(C)(C)C)n2)c1. The molecule has 2 aromatic rings. The summed E-state index contributed by atoms with van der Waals surface area (Å²) < 4.78 is 0.841. The van der Waals surface area contributed by atoms with Crippen molar-refractivity contribution in [1.29, 1.82) is 0 Å². The lowest BCUT2D eigenvalue weighted by Crippen LogP contribution is -2.16. The smallest absolute Gasteiger partial charge is 0.135 e. The Bertz CT molecular complexity index is 600. The molecular formula is C17H21BrN2. The van der Waals surface area contributed by atoms with Crippen LogP contribution in [0, 0.1) is 0 Å². The van der Waals surface area contributed by atoms with Crippen molar-refractivity contribution in [3.8, 4) is 11.3 Å². The van der Waals surface area contributed by atoms with E-state index in [2.05, 4.69) is 72.9 Å². The van der Waals surface area contributed by atoms with Gasteiger partial charge in [-0.25, -0.2) is 9.97 Å². The Labute approximate surface area is 129 Å². The van der Waals surface area contributed by atoms with Gasteiger partial charge in [0.1, 0.15) is 10.4 Å². The molecule has 20 heavy (non-hydrogen) atoms. The van der Waals surface area contributed by atoms with Crippen LogP contribution >= 0.6 is 15.9 Å². The van der Waals surface area contributed by atoms with Gasteiger partial charge in [0.2, 0.25) is 0 Å². The highest BCUT2D eigenvalue weighted by molar-refractivity contribution is 9.10. The molecule has 0 aliphatic rings. The summed E-state index contributed by atoms with van der Waals surface area (Å²) in [5, 5.41) is 0. The summed E-state index contributed by atoms with van der Waals surface area (Å²) in [4.78, 5) is 9.23. The highest BCUT2D eigenvalue weighted by atomic mass is 79.9. The lowest BCUT2D eigenvalue weighted by Gasteiger charge is -2.17. The topological polar surface area (TPSA) is 25.8 Å². The second-order valence-electron chi connectivity index (χ2n) is 6.10. The predicted molar refractivity (Wildman–Crippen MR) is 87.9 cm³/mol. The average Bonchev–Trinajstić information content (AvgIpc) is 2.38. The Morgan fingerprint density at radius 3 is 2.50 bits per heavy atom. The molecule has 0 spiro atoms. The van der Waals surface area contributed by atoms with Gasteiger partial charge in [0, 0.05) is 11.0 Å². The molecule has 106 valence electrons. The number of nitrogens with zero attached hydrogens (tertiary/aromatic N) is 2. The average molecular weight is 333 g/mol. The molecular weight excluding hydrogens is 312 g/mol. The van der Waals surface area contributed by atoms with Crippen LogP contribution in [0.5, 0.6) is 0 Å². The second kappa shape index (κ2) is 6.04. The van der Waals surface area contributed by atoms with Gasteiger partial charge in [0.15, 0.2) is 0 Å². The van der Waals surface area contributed by atoms with Crippen LogP contribution in [0.25, 0.3) is 11.3 Å². The molecule has 0 saturated heterocycles. The lowest BCUT2D eigenvalue weighted by atomic mass is 9.95. The van der Waals surface area contributed by atoms with Gasteiger partial charge in [-0.15, -0.1) is 0 Å². The molecule has 0 unspecified atom stereocenters. The molecule has 0 aliphatic carbocycles. The number of rotatable bonds is 3. The number of aryl methyl sites for hydroxylation is 1. The van der Waals surface area contributed by atoms with Crippen LogP contribution in [0.2, 0.25) is 0 Å². The fourth-order valence-corrected chi connectivity index (χ4v) is 2.46. The Morgan fingerprint density at radius 1 is 1.10 bits per heavy atom. The number of halogens is 1. The third-order valence-electron chi connectivity index (χ3n) is 3.13. The van der Waals surface area contributed by atoms with E-state index < -0.39 is 0 Å². The van der Waals surface area contributed by atoms with Gasteiger partial charge in [-0.2, -0.15) is 0 Å². The summed E-state index contributed by atoms with van der Waals surface area (Å²) in [7, 11) is 0. The maximum absolute atomic E-state index is 4.74. The van der Waals surface area contributed by atoms with Crippen LogP contribution in [0.1, 0.15) is 45.5 Å². The molecule has 2 rings (SSSR count). The second-order valence-corrected chi connectivity index (χ2v) is 6.91. The Kier molecular flexibility index (Phi) is 4.59. The summed E-state index contributed by atoms with van der Waals surface area (Å²) in [6.45, 7) is 8.59.